The Bertz CT molecular complexity index is 32.6. The first-order valence-corrected chi connectivity index (χ1v) is 1.75. The first-order valence-electron chi connectivity index (χ1n) is 0.582. The van der Waals surface area contributed by atoms with E-state index >= 15 is 0 Å². The summed E-state index contributed by atoms with van der Waals surface area (Å²) in [5, 5.41) is 0. The summed E-state index contributed by atoms with van der Waals surface area (Å²) in [4.78, 5) is 0. The summed E-state index contributed by atoms with van der Waals surface area (Å²) in [5.74, 6) is 0. The molecule has 0 rings (SSSR count). The lowest BCUT2D eigenvalue weighted by Crippen LogP contribution is -1.45. The van der Waals surface area contributed by atoms with Crippen molar-refractivity contribution in [2.24, 2.45) is 0 Å². The van der Waals surface area contributed by atoms with Crippen LogP contribution >= 0.6 is 35.4 Å². The van der Waals surface area contributed by atoms with Crippen LogP contribution in [0.2, 0.25) is 0 Å². The molecule has 0 aromatic rings. The van der Waals surface area contributed by atoms with Gasteiger partial charge in [0.05, 0.1) is 0 Å². The predicted molar refractivity (Wildman–Crippen MR) is 29.3 cm³/mol. The topological polar surface area (TPSA) is 35.0 Å². The molecule has 32 valence electrons. The highest BCUT2D eigenvalue weighted by molar-refractivity contribution is 7.86. The van der Waals surface area contributed by atoms with E-state index in [0.29, 0.717) is 0 Å². The van der Waals surface area contributed by atoms with E-state index in [1.807, 2.05) is 0 Å². The largest absolute Gasteiger partial charge is 0.344 e. The van der Waals surface area contributed by atoms with E-state index in [2.05, 4.69) is 12.2 Å². The number of halogens is 2. The average molecular weight is 132 g/mol. The molecule has 0 amide bonds. The van der Waals surface area contributed by atoms with Crippen LogP contribution in [0.25, 0.3) is 0 Å². The van der Waals surface area contributed by atoms with E-state index in [1.165, 1.54) is 0 Å². The van der Waals surface area contributed by atoms with Crippen molar-refractivity contribution >= 4 is 39.2 Å². The lowest BCUT2D eigenvalue weighted by Gasteiger charge is -1.53. The van der Waals surface area contributed by atoms with Crippen LogP contribution in [-0.4, -0.2) is 3.78 Å². The molecule has 0 fully saturated rings. The zero-order valence-corrected chi connectivity index (χ0v) is 4.70. The van der Waals surface area contributed by atoms with E-state index in [4.69, 9.17) is 23.2 Å². The maximum Gasteiger partial charge on any atom is 0.169 e. The molecule has 0 aliphatic heterocycles. The van der Waals surface area contributed by atoms with Crippen LogP contribution in [0.15, 0.2) is 0 Å². The van der Waals surface area contributed by atoms with E-state index < -0.39 is 0 Å². The minimum atomic E-state index is -0.0556. The average Bonchev–Trinajstić information content (AvgIpc) is 0.811. The summed E-state index contributed by atoms with van der Waals surface area (Å²) < 4.78 is -0.0556. The molecule has 1 nitrogen and oxygen atoms in total. The third kappa shape index (κ3) is 80.7. The van der Waals surface area contributed by atoms with Crippen molar-refractivity contribution in [1.82, 2.24) is 6.15 Å². The van der Waals surface area contributed by atoms with Gasteiger partial charge in [-0.15, -0.1) is 0 Å². The van der Waals surface area contributed by atoms with Crippen LogP contribution in [0, 0.1) is 0 Å². The summed E-state index contributed by atoms with van der Waals surface area (Å²) in [6.45, 7) is 0. The smallest absolute Gasteiger partial charge is 0.169 e. The number of thiocarbonyl (C=S) groups is 1. The molecule has 0 aliphatic rings. The first kappa shape index (κ1) is 9.16. The Balaban J connectivity index is 0. The lowest BCUT2D eigenvalue weighted by molar-refractivity contribution is 2.13. The van der Waals surface area contributed by atoms with Crippen molar-refractivity contribution < 1.29 is 0 Å². The van der Waals surface area contributed by atoms with Crippen LogP contribution < -0.4 is 6.15 Å². The fourth-order valence-corrected chi connectivity index (χ4v) is 0. The third-order valence-electron chi connectivity index (χ3n) is 0. The Hall–Kier alpha value is 0.630. The van der Waals surface area contributed by atoms with E-state index in [-0.39, 0.29) is 9.93 Å². The molecule has 0 unspecified atom stereocenters. The van der Waals surface area contributed by atoms with Crippen LogP contribution in [0.1, 0.15) is 0 Å². The molecule has 0 atom stereocenters. The number of rotatable bonds is 0. The Morgan fingerprint density at radius 2 is 1.40 bits per heavy atom. The molecule has 4 heteroatoms. The Kier molecular flexibility index (Phi) is 8.48. The van der Waals surface area contributed by atoms with Gasteiger partial charge in [0.1, 0.15) is 0 Å². The Morgan fingerprint density at radius 1 is 1.40 bits per heavy atom. The van der Waals surface area contributed by atoms with Crippen LogP contribution in [0.5, 0.6) is 0 Å². The SMILES string of the molecule is N.S=C(Cl)Cl. The summed E-state index contributed by atoms with van der Waals surface area (Å²) in [7, 11) is 0. The van der Waals surface area contributed by atoms with Crippen molar-refractivity contribution in [3.05, 3.63) is 0 Å². The molecular weight excluding hydrogens is 129 g/mol. The van der Waals surface area contributed by atoms with Crippen molar-refractivity contribution in [1.29, 1.82) is 0 Å². The van der Waals surface area contributed by atoms with Crippen molar-refractivity contribution in [3.8, 4) is 0 Å². The summed E-state index contributed by atoms with van der Waals surface area (Å²) >= 11 is 13.6. The number of hydrogen-bond donors (Lipinski definition) is 1. The van der Waals surface area contributed by atoms with Crippen LogP contribution in [0.4, 0.5) is 0 Å². The monoisotopic (exact) mass is 131 g/mol. The second-order valence-electron chi connectivity index (χ2n) is 0.226. The highest BCUT2D eigenvalue weighted by atomic mass is 35.5. The minimum Gasteiger partial charge on any atom is -0.344 e. The highest BCUT2D eigenvalue weighted by Gasteiger charge is 1.64. The van der Waals surface area contributed by atoms with Crippen molar-refractivity contribution in [2.45, 2.75) is 0 Å². The molecule has 0 heterocycles. The van der Waals surface area contributed by atoms with Gasteiger partial charge in [-0.1, -0.05) is 35.4 Å². The molecule has 0 saturated heterocycles. The van der Waals surface area contributed by atoms with Crippen molar-refractivity contribution in [2.75, 3.05) is 0 Å². The zero-order valence-electron chi connectivity index (χ0n) is 2.37. The van der Waals surface area contributed by atoms with Gasteiger partial charge in [-0.25, -0.2) is 0 Å². The molecule has 0 spiro atoms. The minimum absolute atomic E-state index is 0. The highest BCUT2D eigenvalue weighted by Crippen LogP contribution is 1.86. The molecule has 0 aromatic heterocycles. The molecule has 0 bridgehead atoms. The zero-order chi connectivity index (χ0) is 3.58. The first-order chi connectivity index (χ1) is 1.73. The third-order valence-corrected chi connectivity index (χ3v) is 0. The van der Waals surface area contributed by atoms with Crippen LogP contribution in [0.3, 0.4) is 0 Å². The quantitative estimate of drug-likeness (QED) is 0.403. The Morgan fingerprint density at radius 3 is 1.40 bits per heavy atom. The van der Waals surface area contributed by atoms with Gasteiger partial charge in [0.25, 0.3) is 0 Å². The summed E-state index contributed by atoms with van der Waals surface area (Å²) in [6, 6.07) is 0. The molecular formula is CH3Cl2NS. The maximum absolute atomic E-state index is 4.77. The molecule has 0 saturated carbocycles. The van der Waals surface area contributed by atoms with E-state index in [0.717, 1.165) is 0 Å². The van der Waals surface area contributed by atoms with Crippen molar-refractivity contribution in [3.63, 3.8) is 0 Å². The standard InChI is InChI=1S/CCl2S.H3N/c2-1(3)4;/h;1H3. The Labute approximate surface area is 45.8 Å². The van der Waals surface area contributed by atoms with Crippen LogP contribution in [-0.2, 0) is 0 Å². The summed E-state index contributed by atoms with van der Waals surface area (Å²) in [6.07, 6.45) is 0. The molecule has 0 radical (unpaired) electrons. The summed E-state index contributed by atoms with van der Waals surface area (Å²) in [5.41, 5.74) is 0. The van der Waals surface area contributed by atoms with Gasteiger partial charge >= 0.3 is 0 Å². The van der Waals surface area contributed by atoms with Gasteiger partial charge in [-0.3, -0.25) is 0 Å². The van der Waals surface area contributed by atoms with Gasteiger partial charge in [0.15, 0.2) is 3.78 Å². The van der Waals surface area contributed by atoms with Gasteiger partial charge in [-0.2, -0.15) is 0 Å². The molecule has 5 heavy (non-hydrogen) atoms. The molecule has 3 N–H and O–H groups in total. The second kappa shape index (κ2) is 4.63. The number of hydrogen-bond acceptors (Lipinski definition) is 2. The second-order valence-corrected chi connectivity index (χ2v) is 2.03. The molecule has 0 aromatic carbocycles. The van der Waals surface area contributed by atoms with Gasteiger partial charge in [0.2, 0.25) is 0 Å². The van der Waals surface area contributed by atoms with E-state index in [1.54, 1.807) is 0 Å². The lowest BCUT2D eigenvalue weighted by atomic mass is 11.9. The van der Waals surface area contributed by atoms with Gasteiger partial charge in [-0.05, 0) is 0 Å². The fourth-order valence-electron chi connectivity index (χ4n) is 0. The molecule has 0 aliphatic carbocycles. The maximum atomic E-state index is 4.77. The van der Waals surface area contributed by atoms with Gasteiger partial charge in [0, 0.05) is 0 Å². The normalized spacial score (nSPS) is 5.20. The van der Waals surface area contributed by atoms with E-state index in [9.17, 15) is 0 Å². The fraction of sp³-hybridized carbons (Fsp3) is 0. The predicted octanol–water partition coefficient (Wildman–Crippen LogP) is 1.91. The van der Waals surface area contributed by atoms with Gasteiger partial charge < -0.3 is 6.15 Å².